The lowest BCUT2D eigenvalue weighted by Gasteiger charge is -2.33. The maximum Gasteiger partial charge on any atom is 0.407 e. The number of nitrogens with two attached hydrogens (primary N) is 1. The zero-order chi connectivity index (χ0) is 18.2. The predicted molar refractivity (Wildman–Crippen MR) is 99.7 cm³/mol. The second kappa shape index (κ2) is 6.70. The largest absolute Gasteiger partial charge is 0.444 e. The van der Waals surface area contributed by atoms with E-state index < -0.39 is 5.60 Å². The van der Waals surface area contributed by atoms with Gasteiger partial charge in [-0.25, -0.2) is 14.3 Å². The molecule has 0 saturated carbocycles. The van der Waals surface area contributed by atoms with Crippen LogP contribution in [0, 0.1) is 0 Å². The molecule has 0 bridgehead atoms. The van der Waals surface area contributed by atoms with Gasteiger partial charge in [-0.2, -0.15) is 5.10 Å². The minimum Gasteiger partial charge on any atom is -0.444 e. The van der Waals surface area contributed by atoms with E-state index >= 15 is 0 Å². The van der Waals surface area contributed by atoms with Gasteiger partial charge in [0.05, 0.1) is 4.47 Å². The van der Waals surface area contributed by atoms with Crippen molar-refractivity contribution < 1.29 is 9.53 Å². The van der Waals surface area contributed by atoms with E-state index in [0.717, 1.165) is 41.7 Å². The number of aromatic nitrogens is 3. The third-order valence-corrected chi connectivity index (χ3v) is 4.66. The van der Waals surface area contributed by atoms with E-state index in [1.54, 1.807) is 4.52 Å². The smallest absolute Gasteiger partial charge is 0.407 e. The summed E-state index contributed by atoms with van der Waals surface area (Å²) in [7, 11) is 0. The van der Waals surface area contributed by atoms with E-state index in [2.05, 4.69) is 36.2 Å². The number of nitrogens with zero attached hydrogens (tertiary/aromatic N) is 4. The summed E-state index contributed by atoms with van der Waals surface area (Å²) in [6.07, 6.45) is 2.77. The number of ether oxygens (including phenoxy) is 1. The Morgan fingerprint density at radius 3 is 2.72 bits per heavy atom. The van der Waals surface area contributed by atoms with Gasteiger partial charge in [0, 0.05) is 19.1 Å². The van der Waals surface area contributed by atoms with Gasteiger partial charge in [-0.3, -0.25) is 0 Å². The highest BCUT2D eigenvalue weighted by molar-refractivity contribution is 9.10. The van der Waals surface area contributed by atoms with Crippen LogP contribution in [0.1, 0.15) is 33.6 Å². The Hall–Kier alpha value is -2.03. The van der Waals surface area contributed by atoms with Crippen molar-refractivity contribution in [3.8, 4) is 0 Å². The van der Waals surface area contributed by atoms with E-state index in [1.165, 1.54) is 6.33 Å². The first-order chi connectivity index (χ1) is 11.7. The number of fused-ring (bicyclic) bond motifs is 1. The van der Waals surface area contributed by atoms with Crippen molar-refractivity contribution in [1.82, 2.24) is 19.9 Å². The SMILES string of the molecule is CC(C)(C)OC(=O)NC1CCN(c2cc(Br)c3c(N)ncnn23)CC1. The van der Waals surface area contributed by atoms with Crippen LogP contribution >= 0.6 is 15.9 Å². The zero-order valence-corrected chi connectivity index (χ0v) is 16.2. The van der Waals surface area contributed by atoms with E-state index in [9.17, 15) is 4.79 Å². The van der Waals surface area contributed by atoms with Gasteiger partial charge < -0.3 is 20.7 Å². The van der Waals surface area contributed by atoms with Crippen LogP contribution in [-0.2, 0) is 4.74 Å². The van der Waals surface area contributed by atoms with Crippen LogP contribution in [0.2, 0.25) is 0 Å². The lowest BCUT2D eigenvalue weighted by atomic mass is 10.1. The minimum atomic E-state index is -0.485. The molecule has 8 nitrogen and oxygen atoms in total. The van der Waals surface area contributed by atoms with Crippen LogP contribution < -0.4 is 16.0 Å². The highest BCUT2D eigenvalue weighted by Crippen LogP contribution is 2.31. The molecule has 3 rings (SSSR count). The van der Waals surface area contributed by atoms with Gasteiger partial charge in [-0.05, 0) is 55.6 Å². The van der Waals surface area contributed by atoms with Crippen molar-refractivity contribution in [2.24, 2.45) is 0 Å². The van der Waals surface area contributed by atoms with Crippen molar-refractivity contribution in [3.63, 3.8) is 0 Å². The number of piperidine rings is 1. The second-order valence-electron chi connectivity index (χ2n) is 7.16. The van der Waals surface area contributed by atoms with Crippen LogP contribution in [0.25, 0.3) is 5.52 Å². The normalized spacial score (nSPS) is 16.2. The van der Waals surface area contributed by atoms with Gasteiger partial charge in [-0.15, -0.1) is 0 Å². The van der Waals surface area contributed by atoms with Crippen molar-refractivity contribution in [1.29, 1.82) is 0 Å². The molecule has 2 aromatic heterocycles. The first kappa shape index (κ1) is 17.8. The number of carbonyl (C=O) groups is 1. The predicted octanol–water partition coefficient (Wildman–Crippen LogP) is 2.57. The summed E-state index contributed by atoms with van der Waals surface area (Å²) in [5.41, 5.74) is 6.23. The van der Waals surface area contributed by atoms with Gasteiger partial charge in [0.1, 0.15) is 23.3 Å². The standard InChI is InChI=1S/C16H23BrN6O2/c1-16(2,3)25-15(24)21-10-4-6-22(7-5-10)12-8-11(17)13-14(18)19-9-20-23(12)13/h8-10H,4-7H2,1-3H3,(H,21,24)(H2,18,19,20). The van der Waals surface area contributed by atoms with Crippen molar-refractivity contribution in [2.45, 2.75) is 45.3 Å². The molecule has 136 valence electrons. The molecule has 1 amide bonds. The minimum absolute atomic E-state index is 0.112. The number of amides is 1. The molecule has 0 atom stereocenters. The lowest BCUT2D eigenvalue weighted by molar-refractivity contribution is 0.0497. The molecule has 3 N–H and O–H groups in total. The van der Waals surface area contributed by atoms with E-state index in [4.69, 9.17) is 10.5 Å². The molecule has 25 heavy (non-hydrogen) atoms. The summed E-state index contributed by atoms with van der Waals surface area (Å²) in [5, 5.41) is 7.26. The van der Waals surface area contributed by atoms with E-state index in [1.807, 2.05) is 26.8 Å². The van der Waals surface area contributed by atoms with Crippen LogP contribution in [0.3, 0.4) is 0 Å². The van der Waals surface area contributed by atoms with E-state index in [0.29, 0.717) is 5.82 Å². The average molecular weight is 411 g/mol. The molecule has 0 aromatic carbocycles. The lowest BCUT2D eigenvalue weighted by Crippen LogP contribution is -2.46. The molecule has 0 radical (unpaired) electrons. The van der Waals surface area contributed by atoms with Crippen LogP contribution in [-0.4, -0.2) is 45.4 Å². The number of hydrogen-bond donors (Lipinski definition) is 2. The molecular formula is C16H23BrN6O2. The number of carbonyl (C=O) groups excluding carboxylic acids is 1. The molecule has 2 aromatic rings. The maximum absolute atomic E-state index is 11.9. The number of nitrogen functional groups attached to an aromatic ring is 1. The summed E-state index contributed by atoms with van der Waals surface area (Å²) in [4.78, 5) is 18.2. The number of nitrogens with one attached hydrogen (secondary N) is 1. The van der Waals surface area contributed by atoms with Gasteiger partial charge in [0.2, 0.25) is 0 Å². The molecule has 1 aliphatic heterocycles. The van der Waals surface area contributed by atoms with Gasteiger partial charge in [-0.1, -0.05) is 0 Å². The Morgan fingerprint density at radius 1 is 1.40 bits per heavy atom. The maximum atomic E-state index is 11.9. The first-order valence-corrected chi connectivity index (χ1v) is 9.06. The summed E-state index contributed by atoms with van der Waals surface area (Å²) in [6, 6.07) is 2.11. The fourth-order valence-corrected chi connectivity index (χ4v) is 3.54. The van der Waals surface area contributed by atoms with Gasteiger partial charge in [0.15, 0.2) is 5.82 Å². The molecule has 1 saturated heterocycles. The highest BCUT2D eigenvalue weighted by atomic mass is 79.9. The quantitative estimate of drug-likeness (QED) is 0.789. The molecule has 0 aliphatic carbocycles. The first-order valence-electron chi connectivity index (χ1n) is 8.27. The molecule has 0 spiro atoms. The molecule has 0 unspecified atom stereocenters. The Morgan fingerprint density at radius 2 is 2.08 bits per heavy atom. The third-order valence-electron chi connectivity index (χ3n) is 4.06. The number of rotatable bonds is 2. The number of anilines is 2. The molecule has 3 heterocycles. The van der Waals surface area contributed by atoms with Crippen LogP contribution in [0.4, 0.5) is 16.4 Å². The highest BCUT2D eigenvalue weighted by Gasteiger charge is 2.25. The zero-order valence-electron chi connectivity index (χ0n) is 14.6. The Bertz CT molecular complexity index is 777. The van der Waals surface area contributed by atoms with Gasteiger partial charge in [0.25, 0.3) is 0 Å². The Balaban J connectivity index is 1.65. The van der Waals surface area contributed by atoms with Crippen molar-refractivity contribution >= 4 is 39.2 Å². The number of alkyl carbamates (subject to hydrolysis) is 1. The second-order valence-corrected chi connectivity index (χ2v) is 8.02. The van der Waals surface area contributed by atoms with Gasteiger partial charge >= 0.3 is 6.09 Å². The topological polar surface area (TPSA) is 97.8 Å². The Kier molecular flexibility index (Phi) is 4.77. The molecule has 1 fully saturated rings. The molecule has 1 aliphatic rings. The average Bonchev–Trinajstić information content (AvgIpc) is 2.84. The van der Waals surface area contributed by atoms with Crippen LogP contribution in [0.5, 0.6) is 0 Å². The Labute approximate surface area is 154 Å². The van der Waals surface area contributed by atoms with E-state index in [-0.39, 0.29) is 12.1 Å². The fourth-order valence-electron chi connectivity index (χ4n) is 2.96. The summed E-state index contributed by atoms with van der Waals surface area (Å²) >= 11 is 3.53. The number of hydrogen-bond acceptors (Lipinski definition) is 6. The molecule has 9 heteroatoms. The molecular weight excluding hydrogens is 388 g/mol. The third kappa shape index (κ3) is 3.97. The summed E-state index contributed by atoms with van der Waals surface area (Å²) in [5.74, 6) is 1.40. The monoisotopic (exact) mass is 410 g/mol. The summed E-state index contributed by atoms with van der Waals surface area (Å²) in [6.45, 7) is 7.20. The fraction of sp³-hybridized carbons (Fsp3) is 0.562. The number of halogens is 1. The summed E-state index contributed by atoms with van der Waals surface area (Å²) < 4.78 is 7.99. The van der Waals surface area contributed by atoms with Crippen LogP contribution in [0.15, 0.2) is 16.9 Å². The van der Waals surface area contributed by atoms with Crippen molar-refractivity contribution in [2.75, 3.05) is 23.7 Å². The van der Waals surface area contributed by atoms with Crippen molar-refractivity contribution in [3.05, 3.63) is 16.9 Å².